The zero-order chi connectivity index (χ0) is 14.0. The average molecular weight is 265 g/mol. The number of hydrogen-bond acceptors (Lipinski definition) is 4. The summed E-state index contributed by atoms with van der Waals surface area (Å²) in [5.74, 6) is 0.0886. The van der Waals surface area contributed by atoms with Crippen LogP contribution >= 0.6 is 0 Å². The van der Waals surface area contributed by atoms with E-state index in [4.69, 9.17) is 5.73 Å². The van der Waals surface area contributed by atoms with E-state index < -0.39 is 0 Å². The van der Waals surface area contributed by atoms with Crippen LogP contribution in [-0.2, 0) is 7.05 Å². The van der Waals surface area contributed by atoms with Crippen LogP contribution in [0.25, 0.3) is 0 Å². The number of nitrogens with zero attached hydrogens (tertiary/aromatic N) is 4. The third-order valence-electron chi connectivity index (χ3n) is 4.03. The number of amides is 1. The zero-order valence-corrected chi connectivity index (χ0v) is 12.0. The van der Waals surface area contributed by atoms with Gasteiger partial charge in [-0.15, -0.1) is 0 Å². The molecule has 2 N–H and O–H groups in total. The summed E-state index contributed by atoms with van der Waals surface area (Å²) in [6.07, 6.45) is 1.66. The quantitative estimate of drug-likeness (QED) is 0.824. The Kier molecular flexibility index (Phi) is 4.21. The second-order valence-electron chi connectivity index (χ2n) is 5.18. The smallest absolute Gasteiger partial charge is 0.257 e. The van der Waals surface area contributed by atoms with Gasteiger partial charge in [-0.2, -0.15) is 5.10 Å². The Morgan fingerprint density at radius 3 is 2.53 bits per heavy atom. The Morgan fingerprint density at radius 2 is 2.05 bits per heavy atom. The first-order valence-corrected chi connectivity index (χ1v) is 6.76. The molecule has 6 nitrogen and oxygen atoms in total. The normalized spacial score (nSPS) is 18.6. The molecule has 6 heteroatoms. The van der Waals surface area contributed by atoms with Crippen molar-refractivity contribution >= 4 is 5.91 Å². The van der Waals surface area contributed by atoms with Gasteiger partial charge >= 0.3 is 0 Å². The van der Waals surface area contributed by atoms with Crippen molar-refractivity contribution < 1.29 is 4.79 Å². The summed E-state index contributed by atoms with van der Waals surface area (Å²) in [7, 11) is 1.85. The molecule has 0 radical (unpaired) electrons. The van der Waals surface area contributed by atoms with E-state index in [1.807, 2.05) is 18.9 Å². The van der Waals surface area contributed by atoms with E-state index >= 15 is 0 Å². The monoisotopic (exact) mass is 265 g/mol. The van der Waals surface area contributed by atoms with Crippen LogP contribution in [0.4, 0.5) is 0 Å². The van der Waals surface area contributed by atoms with E-state index in [0.29, 0.717) is 18.2 Å². The maximum atomic E-state index is 12.4. The zero-order valence-electron chi connectivity index (χ0n) is 12.0. The number of aromatic nitrogens is 2. The largest absolute Gasteiger partial charge is 0.336 e. The van der Waals surface area contributed by atoms with Crippen LogP contribution < -0.4 is 5.73 Å². The van der Waals surface area contributed by atoms with Crippen molar-refractivity contribution in [1.29, 1.82) is 0 Å². The molecule has 0 aromatic carbocycles. The lowest BCUT2D eigenvalue weighted by Crippen LogP contribution is -2.52. The first-order valence-electron chi connectivity index (χ1n) is 6.76. The van der Waals surface area contributed by atoms with Crippen molar-refractivity contribution in [3.63, 3.8) is 0 Å². The molecule has 1 atom stereocenters. The van der Waals surface area contributed by atoms with E-state index in [0.717, 1.165) is 31.9 Å². The highest BCUT2D eigenvalue weighted by molar-refractivity contribution is 5.95. The van der Waals surface area contributed by atoms with Crippen LogP contribution in [-0.4, -0.2) is 64.3 Å². The van der Waals surface area contributed by atoms with Crippen LogP contribution in [0.15, 0.2) is 6.20 Å². The van der Waals surface area contributed by atoms with Crippen LogP contribution in [0.2, 0.25) is 0 Å². The molecule has 0 spiro atoms. The SMILES string of the molecule is Cc1c(C(=O)N2CCN(C(C)CN)CC2)cnn1C. The Bertz CT molecular complexity index is 448. The third kappa shape index (κ3) is 2.79. The summed E-state index contributed by atoms with van der Waals surface area (Å²) in [5, 5.41) is 4.13. The molecular formula is C13H23N5O. The molecule has 106 valence electrons. The van der Waals surface area contributed by atoms with Gasteiger partial charge in [-0.05, 0) is 13.8 Å². The van der Waals surface area contributed by atoms with E-state index in [2.05, 4.69) is 16.9 Å². The Hall–Kier alpha value is -1.40. The number of piperazine rings is 1. The van der Waals surface area contributed by atoms with Crippen LogP contribution in [0.5, 0.6) is 0 Å². The fourth-order valence-electron chi connectivity index (χ4n) is 2.39. The highest BCUT2D eigenvalue weighted by Crippen LogP contribution is 2.13. The van der Waals surface area contributed by atoms with Crippen LogP contribution in [0.1, 0.15) is 23.0 Å². The molecule has 1 amide bonds. The molecule has 1 aliphatic heterocycles. The maximum Gasteiger partial charge on any atom is 0.257 e. The minimum absolute atomic E-state index is 0.0886. The van der Waals surface area contributed by atoms with Gasteiger partial charge in [0.2, 0.25) is 0 Å². The van der Waals surface area contributed by atoms with Crippen molar-refractivity contribution in [2.24, 2.45) is 12.8 Å². The summed E-state index contributed by atoms with van der Waals surface area (Å²) in [6, 6.07) is 0.386. The first-order chi connectivity index (χ1) is 9.04. The highest BCUT2D eigenvalue weighted by Gasteiger charge is 2.25. The van der Waals surface area contributed by atoms with Gasteiger partial charge < -0.3 is 10.6 Å². The minimum atomic E-state index is 0.0886. The standard InChI is InChI=1S/C13H23N5O/c1-10(8-14)17-4-6-18(7-5-17)13(19)12-9-15-16(3)11(12)2/h9-10H,4-8,14H2,1-3H3. The number of aryl methyl sites for hydroxylation is 1. The molecule has 0 aliphatic carbocycles. The maximum absolute atomic E-state index is 12.4. The molecule has 1 aromatic rings. The van der Waals surface area contributed by atoms with E-state index in [9.17, 15) is 4.79 Å². The van der Waals surface area contributed by atoms with Gasteiger partial charge in [0.25, 0.3) is 5.91 Å². The second kappa shape index (κ2) is 5.71. The molecule has 1 aromatic heterocycles. The van der Waals surface area contributed by atoms with Crippen molar-refractivity contribution in [2.45, 2.75) is 19.9 Å². The van der Waals surface area contributed by atoms with Gasteiger partial charge in [-0.3, -0.25) is 14.4 Å². The molecular weight excluding hydrogens is 242 g/mol. The minimum Gasteiger partial charge on any atom is -0.336 e. The van der Waals surface area contributed by atoms with Gasteiger partial charge in [-0.1, -0.05) is 0 Å². The van der Waals surface area contributed by atoms with E-state index in [1.54, 1.807) is 10.9 Å². The number of nitrogens with two attached hydrogens (primary N) is 1. The fraction of sp³-hybridized carbons (Fsp3) is 0.692. The van der Waals surface area contributed by atoms with Crippen molar-refractivity contribution in [3.8, 4) is 0 Å². The Morgan fingerprint density at radius 1 is 1.42 bits per heavy atom. The number of carbonyl (C=O) groups is 1. The van der Waals surface area contributed by atoms with Crippen molar-refractivity contribution in [1.82, 2.24) is 19.6 Å². The van der Waals surface area contributed by atoms with E-state index in [1.165, 1.54) is 0 Å². The summed E-state index contributed by atoms with van der Waals surface area (Å²) in [6.45, 7) is 8.02. The molecule has 2 rings (SSSR count). The lowest BCUT2D eigenvalue weighted by molar-refractivity contribution is 0.0588. The Balaban J connectivity index is 1.98. The third-order valence-corrected chi connectivity index (χ3v) is 4.03. The van der Waals surface area contributed by atoms with Crippen molar-refractivity contribution in [2.75, 3.05) is 32.7 Å². The van der Waals surface area contributed by atoms with Gasteiger partial charge in [0.05, 0.1) is 11.8 Å². The summed E-state index contributed by atoms with van der Waals surface area (Å²) in [4.78, 5) is 16.6. The molecule has 1 saturated heterocycles. The lowest BCUT2D eigenvalue weighted by atomic mass is 10.2. The molecule has 0 bridgehead atoms. The van der Waals surface area contributed by atoms with Crippen LogP contribution in [0, 0.1) is 6.92 Å². The topological polar surface area (TPSA) is 67.4 Å². The number of carbonyl (C=O) groups excluding carboxylic acids is 1. The first kappa shape index (κ1) is 14.0. The van der Waals surface area contributed by atoms with Gasteiger partial charge in [-0.25, -0.2) is 0 Å². The second-order valence-corrected chi connectivity index (χ2v) is 5.18. The van der Waals surface area contributed by atoms with Gasteiger partial charge in [0.15, 0.2) is 0 Å². The predicted molar refractivity (Wildman–Crippen MR) is 73.9 cm³/mol. The number of rotatable bonds is 3. The summed E-state index contributed by atoms with van der Waals surface area (Å²) >= 11 is 0. The highest BCUT2D eigenvalue weighted by atomic mass is 16.2. The summed E-state index contributed by atoms with van der Waals surface area (Å²) < 4.78 is 1.74. The lowest BCUT2D eigenvalue weighted by Gasteiger charge is -2.37. The fourth-order valence-corrected chi connectivity index (χ4v) is 2.39. The van der Waals surface area contributed by atoms with Gasteiger partial charge in [0, 0.05) is 51.5 Å². The van der Waals surface area contributed by atoms with E-state index in [-0.39, 0.29) is 5.91 Å². The van der Waals surface area contributed by atoms with Crippen LogP contribution in [0.3, 0.4) is 0 Å². The molecule has 1 unspecified atom stereocenters. The molecule has 1 fully saturated rings. The van der Waals surface area contributed by atoms with Crippen molar-refractivity contribution in [3.05, 3.63) is 17.5 Å². The summed E-state index contributed by atoms with van der Waals surface area (Å²) in [5.41, 5.74) is 7.31. The average Bonchev–Trinajstić information content (AvgIpc) is 2.77. The molecule has 19 heavy (non-hydrogen) atoms. The predicted octanol–water partition coefficient (Wildman–Crippen LogP) is -0.166. The Labute approximate surface area is 114 Å². The molecule has 1 aliphatic rings. The number of hydrogen-bond donors (Lipinski definition) is 1. The molecule has 2 heterocycles. The molecule has 0 saturated carbocycles. The van der Waals surface area contributed by atoms with Gasteiger partial charge in [0.1, 0.15) is 0 Å².